The normalized spacial score (nSPS) is 11.7. The summed E-state index contributed by atoms with van der Waals surface area (Å²) in [6.45, 7) is 7.70. The van der Waals surface area contributed by atoms with Gasteiger partial charge in [-0.15, -0.1) is 0 Å². The second-order valence-electron chi connectivity index (χ2n) is 18.8. The Morgan fingerprint density at radius 3 is 1.24 bits per heavy atom. The van der Waals surface area contributed by atoms with Crippen molar-refractivity contribution in [3.05, 3.63) is 118 Å². The van der Waals surface area contributed by atoms with Crippen LogP contribution in [0.15, 0.2) is 104 Å². The van der Waals surface area contributed by atoms with E-state index >= 15 is 0 Å². The maximum atomic E-state index is 14.8. The van der Waals surface area contributed by atoms with Crippen LogP contribution in [0.1, 0.15) is 63.5 Å². The van der Waals surface area contributed by atoms with Crippen LogP contribution < -0.4 is 52.5 Å². The molecule has 0 bridgehead atoms. The van der Waals surface area contributed by atoms with E-state index in [2.05, 4.69) is 30.1 Å². The molecule has 0 aliphatic rings. The number of nitrogens with one attached hydrogen (secondary N) is 4. The van der Waals surface area contributed by atoms with Crippen molar-refractivity contribution >= 4 is 69.7 Å². The molecule has 4 rings (SSSR count). The Hall–Kier alpha value is -7.52. The van der Waals surface area contributed by atoms with Crippen molar-refractivity contribution in [2.45, 2.75) is 62.2 Å². The van der Waals surface area contributed by atoms with E-state index in [9.17, 15) is 45.2 Å². The molecule has 0 aliphatic heterocycles. The second-order valence-corrected chi connectivity index (χ2v) is 21.5. The number of rotatable bonds is 43. The van der Waals surface area contributed by atoms with Crippen LogP contribution in [0.3, 0.4) is 0 Å². The number of guanidine groups is 2. The van der Waals surface area contributed by atoms with E-state index in [1.54, 1.807) is 24.3 Å². The molecule has 0 radical (unpaired) electrons. The van der Waals surface area contributed by atoms with Gasteiger partial charge in [0.05, 0.1) is 84.2 Å². The van der Waals surface area contributed by atoms with Gasteiger partial charge in [0.1, 0.15) is 11.5 Å². The predicted molar refractivity (Wildman–Crippen MR) is 322 cm³/mol. The molecule has 0 aliphatic carbocycles. The fourth-order valence-electron chi connectivity index (χ4n) is 7.34. The lowest BCUT2D eigenvalue weighted by molar-refractivity contribution is -0.122. The van der Waals surface area contributed by atoms with Gasteiger partial charge in [0.2, 0.25) is 21.8 Å². The molecular formula is C58H76F4N10O14S2. The van der Waals surface area contributed by atoms with Crippen molar-refractivity contribution in [2.75, 3.05) is 105 Å². The lowest BCUT2D eigenvalue weighted by Crippen LogP contribution is -2.28. The summed E-state index contributed by atoms with van der Waals surface area (Å²) in [6, 6.07) is 15.4. The molecule has 0 atom stereocenters. The molecule has 0 aromatic heterocycles. The number of amides is 4. The van der Waals surface area contributed by atoms with Gasteiger partial charge in [-0.1, -0.05) is 12.8 Å². The average Bonchev–Trinajstić information content (AvgIpc) is 2.31. The fourth-order valence-corrected chi connectivity index (χ4v) is 8.98. The van der Waals surface area contributed by atoms with Crippen LogP contribution in [0.5, 0.6) is 23.0 Å². The molecule has 88 heavy (non-hydrogen) atoms. The lowest BCUT2D eigenvalue weighted by atomic mass is 10.1. The highest BCUT2D eigenvalue weighted by Gasteiger charge is 2.18. The monoisotopic (exact) mass is 1280 g/mol. The first-order valence-electron chi connectivity index (χ1n) is 27.8. The van der Waals surface area contributed by atoms with Crippen molar-refractivity contribution < 1.29 is 83.1 Å². The molecule has 4 amide bonds. The molecule has 0 spiro atoms. The standard InChI is InChI=1S/C58H76F4N10O14S2/c1-39(55(75)71-57(63)64)33-41-35-47(59)53(48(60)36-41)85-43-9-13-45(14-10-43)87-69-19-23-81-27-31-83-29-25-79-21-17-67-51(73)7-5-3-4-6-8-52(74)68-18-22-80-26-30-84-32-28-82-24-20-70-88(77,78)46-15-11-44(12-16-46)86-54-49(61)37-42(38-50(54)62)34-40(2)56(76)72-58(65)66/h9-16,33-38,69-70H,3-8,17-32H2,1-2H3,(H,67,73)(H,68,74)(H4,63,64,71,75)(H4,65,66,72,76)/b39-33+,40-34+. The summed E-state index contributed by atoms with van der Waals surface area (Å²) in [7, 11) is -3.95. The van der Waals surface area contributed by atoms with E-state index in [-0.39, 0.29) is 83.5 Å². The number of ether oxygens (including phenoxy) is 8. The van der Waals surface area contributed by atoms with Crippen molar-refractivity contribution in [2.24, 2.45) is 32.9 Å². The summed E-state index contributed by atoms with van der Waals surface area (Å²) in [5, 5.41) is 5.64. The Morgan fingerprint density at radius 1 is 0.500 bits per heavy atom. The Labute approximate surface area is 512 Å². The molecule has 0 fully saturated rings. The second kappa shape index (κ2) is 40.8. The summed E-state index contributed by atoms with van der Waals surface area (Å²) in [5.41, 5.74) is 21.0. The van der Waals surface area contributed by atoms with Gasteiger partial charge in [0.25, 0.3) is 11.8 Å². The number of nitrogens with two attached hydrogens (primary N) is 4. The molecule has 4 aromatic carbocycles. The van der Waals surface area contributed by atoms with Gasteiger partial charge in [-0.2, -0.15) is 9.98 Å². The summed E-state index contributed by atoms with van der Waals surface area (Å²) in [5.74, 6) is -7.75. The molecule has 24 nitrogen and oxygen atoms in total. The van der Waals surface area contributed by atoms with Gasteiger partial charge in [0, 0.05) is 55.1 Å². The van der Waals surface area contributed by atoms with Crippen LogP contribution in [0.4, 0.5) is 17.6 Å². The highest BCUT2D eigenvalue weighted by atomic mass is 32.2. The highest BCUT2D eigenvalue weighted by molar-refractivity contribution is 7.97. The topological polar surface area (TPSA) is 353 Å². The Kier molecular flexibility index (Phi) is 33.9. The van der Waals surface area contributed by atoms with Crippen LogP contribution in [-0.4, -0.2) is 149 Å². The highest BCUT2D eigenvalue weighted by Crippen LogP contribution is 2.32. The zero-order chi connectivity index (χ0) is 64.1. The number of carbonyl (C=O) groups excluding carboxylic acids is 4. The smallest absolute Gasteiger partial charge is 0.275 e. The Morgan fingerprint density at radius 2 is 0.852 bits per heavy atom. The summed E-state index contributed by atoms with van der Waals surface area (Å²) < 4.78 is 134. The third-order valence-corrected chi connectivity index (χ3v) is 13.9. The number of benzene rings is 4. The minimum Gasteiger partial charge on any atom is -0.451 e. The molecule has 30 heteroatoms. The molecule has 4 aromatic rings. The summed E-state index contributed by atoms with van der Waals surface area (Å²) in [6.07, 6.45) is 6.24. The van der Waals surface area contributed by atoms with Gasteiger partial charge in [-0.25, -0.2) is 30.7 Å². The molecule has 482 valence electrons. The average molecular weight is 1280 g/mol. The van der Waals surface area contributed by atoms with E-state index in [4.69, 9.17) is 60.8 Å². The molecule has 0 saturated carbocycles. The number of aliphatic imine (C=N–C) groups is 2. The molecule has 0 heterocycles. The molecular weight excluding hydrogens is 1200 g/mol. The van der Waals surface area contributed by atoms with E-state index in [1.165, 1.54) is 62.2 Å². The van der Waals surface area contributed by atoms with Gasteiger partial charge in [0.15, 0.2) is 46.7 Å². The van der Waals surface area contributed by atoms with Crippen LogP contribution in [-0.2, 0) is 57.6 Å². The van der Waals surface area contributed by atoms with Crippen molar-refractivity contribution in [3.63, 3.8) is 0 Å². The van der Waals surface area contributed by atoms with E-state index in [1.807, 2.05) is 0 Å². The van der Waals surface area contributed by atoms with Crippen molar-refractivity contribution in [3.8, 4) is 23.0 Å². The minimum absolute atomic E-state index is 0.0145. The number of unbranched alkanes of at least 4 members (excludes halogenated alkanes) is 3. The van der Waals surface area contributed by atoms with E-state index in [0.717, 1.165) is 42.0 Å². The van der Waals surface area contributed by atoms with Crippen LogP contribution in [0.25, 0.3) is 12.2 Å². The third kappa shape index (κ3) is 29.9. The largest absolute Gasteiger partial charge is 0.451 e. The summed E-state index contributed by atoms with van der Waals surface area (Å²) in [4.78, 5) is 55.6. The third-order valence-electron chi connectivity index (χ3n) is 11.6. The van der Waals surface area contributed by atoms with Crippen LogP contribution in [0.2, 0.25) is 0 Å². The minimum atomic E-state index is -3.95. The Balaban J connectivity index is 0.873. The SMILES string of the molecule is C/C(=C\c1cc(F)c(Oc2ccc(SNCCOCCOCCOCCNC(=O)CCCCCCC(=O)NCCOCCOCCOCCNS(=O)(=O)c3ccc(Oc4c(F)cc(/C=C(\C)C(=O)N=C(N)N)cc4F)cc3)cc2)c(F)c1)C(=O)N=C(N)N. The zero-order valence-electron chi connectivity index (χ0n) is 48.9. The fraction of sp³-hybridized carbons (Fsp3) is 0.414. The Bertz CT molecular complexity index is 3050. The molecule has 0 unspecified atom stereocenters. The lowest BCUT2D eigenvalue weighted by Gasteiger charge is -2.11. The number of sulfonamides is 1. The maximum absolute atomic E-state index is 14.8. The van der Waals surface area contributed by atoms with Gasteiger partial charge in [-0.05, 0) is 135 Å². The number of hydrogen-bond donors (Lipinski definition) is 8. The van der Waals surface area contributed by atoms with Gasteiger partial charge >= 0.3 is 0 Å². The van der Waals surface area contributed by atoms with E-state index in [0.29, 0.717) is 98.2 Å². The first kappa shape index (κ1) is 73.0. The van der Waals surface area contributed by atoms with Crippen molar-refractivity contribution in [1.82, 2.24) is 20.1 Å². The zero-order valence-corrected chi connectivity index (χ0v) is 50.5. The number of hydrogen-bond acceptors (Lipinski definition) is 16. The number of carbonyl (C=O) groups is 4. The molecule has 0 saturated heterocycles. The predicted octanol–water partition coefficient (Wildman–Crippen LogP) is 5.48. The number of nitrogens with zero attached hydrogens (tertiary/aromatic N) is 2. The van der Waals surface area contributed by atoms with E-state index < -0.39 is 68.5 Å². The quantitative estimate of drug-likeness (QED) is 0.00679. The van der Waals surface area contributed by atoms with Crippen molar-refractivity contribution in [1.29, 1.82) is 0 Å². The van der Waals surface area contributed by atoms with Gasteiger partial charge in [-0.3, -0.25) is 23.9 Å². The first-order chi connectivity index (χ1) is 42.2. The molecule has 12 N–H and O–H groups in total. The summed E-state index contributed by atoms with van der Waals surface area (Å²) >= 11 is 1.35. The van der Waals surface area contributed by atoms with Crippen LogP contribution >= 0.6 is 11.9 Å². The number of halogens is 4. The first-order valence-corrected chi connectivity index (χ1v) is 30.1. The van der Waals surface area contributed by atoms with Crippen LogP contribution in [0, 0.1) is 23.3 Å². The van der Waals surface area contributed by atoms with Gasteiger partial charge < -0.3 is 71.5 Å². The maximum Gasteiger partial charge on any atom is 0.275 e.